The predicted molar refractivity (Wildman–Crippen MR) is 97.4 cm³/mol. The van der Waals surface area contributed by atoms with Crippen molar-refractivity contribution in [2.75, 3.05) is 6.61 Å². The van der Waals surface area contributed by atoms with Crippen molar-refractivity contribution in [3.8, 4) is 0 Å². The predicted octanol–water partition coefficient (Wildman–Crippen LogP) is 4.15. The van der Waals surface area contributed by atoms with Gasteiger partial charge in [0.15, 0.2) is 0 Å². The molecule has 0 heterocycles. The van der Waals surface area contributed by atoms with E-state index in [1.54, 1.807) is 0 Å². The largest absolute Gasteiger partial charge is 0.465 e. The first-order chi connectivity index (χ1) is 11.3. The maximum Gasteiger partial charge on any atom is 0.310 e. The molecule has 1 aromatic rings. The van der Waals surface area contributed by atoms with Crippen molar-refractivity contribution in [3.05, 3.63) is 35.4 Å². The van der Waals surface area contributed by atoms with E-state index in [4.69, 9.17) is 9.47 Å². The molecule has 2 unspecified atom stereocenters. The van der Waals surface area contributed by atoms with E-state index in [-0.39, 0.29) is 29.9 Å². The van der Waals surface area contributed by atoms with E-state index in [9.17, 15) is 9.59 Å². The molecule has 1 aliphatic rings. The molecular formula is C21H30O4. The average molecular weight is 346 g/mol. The molecule has 0 N–H and O–H groups in total. The van der Waals surface area contributed by atoms with Gasteiger partial charge in [-0.1, -0.05) is 45.0 Å². The van der Waals surface area contributed by atoms with Crippen LogP contribution in [0.1, 0.15) is 66.0 Å². The van der Waals surface area contributed by atoms with Gasteiger partial charge in [0, 0.05) is 12.3 Å². The van der Waals surface area contributed by atoms with Gasteiger partial charge in [-0.15, -0.1) is 0 Å². The van der Waals surface area contributed by atoms with Crippen LogP contribution in [-0.2, 0) is 29.9 Å². The van der Waals surface area contributed by atoms with E-state index in [1.807, 2.05) is 20.8 Å². The second-order valence-corrected chi connectivity index (χ2v) is 9.05. The molecule has 25 heavy (non-hydrogen) atoms. The van der Waals surface area contributed by atoms with E-state index < -0.39 is 11.0 Å². The maximum atomic E-state index is 12.5. The van der Waals surface area contributed by atoms with Crippen LogP contribution in [0, 0.1) is 5.92 Å². The Morgan fingerprint density at radius 2 is 1.64 bits per heavy atom. The second-order valence-electron chi connectivity index (χ2n) is 9.05. The smallest absolute Gasteiger partial charge is 0.310 e. The topological polar surface area (TPSA) is 52.6 Å². The minimum atomic E-state index is -0.525. The van der Waals surface area contributed by atoms with Crippen LogP contribution >= 0.6 is 0 Å². The lowest BCUT2D eigenvalue weighted by Crippen LogP contribution is -2.29. The minimum absolute atomic E-state index is 0.0652. The molecule has 0 saturated heterocycles. The Kier molecular flexibility index (Phi) is 5.04. The normalized spacial score (nSPS) is 23.1. The van der Waals surface area contributed by atoms with Gasteiger partial charge in [-0.25, -0.2) is 0 Å². The minimum Gasteiger partial charge on any atom is -0.465 e. The number of carbonyl (C=O) groups is 2. The third-order valence-corrected chi connectivity index (χ3v) is 4.63. The number of benzene rings is 1. The van der Waals surface area contributed by atoms with Gasteiger partial charge in [-0.2, -0.15) is 0 Å². The second kappa shape index (κ2) is 6.47. The highest BCUT2D eigenvalue weighted by molar-refractivity contribution is 5.80. The fraction of sp³-hybridized carbons (Fsp3) is 0.619. The Bertz CT molecular complexity index is 646. The zero-order valence-electron chi connectivity index (χ0n) is 16.4. The van der Waals surface area contributed by atoms with Crippen molar-refractivity contribution in [2.24, 2.45) is 5.92 Å². The summed E-state index contributed by atoms with van der Waals surface area (Å²) < 4.78 is 10.8. The Balaban J connectivity index is 2.26. The van der Waals surface area contributed by atoms with Gasteiger partial charge in [0.2, 0.25) is 0 Å². The summed E-state index contributed by atoms with van der Waals surface area (Å²) in [5.74, 6) is -0.827. The summed E-state index contributed by atoms with van der Waals surface area (Å²) in [5.41, 5.74) is 1.33. The van der Waals surface area contributed by atoms with Crippen LogP contribution < -0.4 is 0 Å². The summed E-state index contributed by atoms with van der Waals surface area (Å²) >= 11 is 0. The van der Waals surface area contributed by atoms with E-state index in [0.29, 0.717) is 6.42 Å². The maximum absolute atomic E-state index is 12.5. The van der Waals surface area contributed by atoms with Crippen molar-refractivity contribution < 1.29 is 19.1 Å². The van der Waals surface area contributed by atoms with Crippen LogP contribution in [0.4, 0.5) is 0 Å². The highest BCUT2D eigenvalue weighted by Crippen LogP contribution is 2.55. The quantitative estimate of drug-likeness (QED) is 0.769. The summed E-state index contributed by atoms with van der Waals surface area (Å²) in [6.45, 7) is 13.7. The van der Waals surface area contributed by atoms with Crippen molar-refractivity contribution in [1.82, 2.24) is 0 Å². The number of carbonyl (C=O) groups excluding carboxylic acids is 2. The lowest BCUT2D eigenvalue weighted by atomic mass is 9.84. The lowest BCUT2D eigenvalue weighted by molar-refractivity contribution is -0.158. The SMILES string of the molecule is CC(=O)OCC1(c2ccc(C(C)(C)C)cc2)CC1C(=O)OC(C)(C)C. The molecule has 0 aromatic heterocycles. The number of rotatable bonds is 4. The molecule has 2 rings (SSSR count). The monoisotopic (exact) mass is 346 g/mol. The fourth-order valence-corrected chi connectivity index (χ4v) is 3.08. The van der Waals surface area contributed by atoms with Crippen molar-refractivity contribution in [1.29, 1.82) is 0 Å². The van der Waals surface area contributed by atoms with E-state index >= 15 is 0 Å². The van der Waals surface area contributed by atoms with Crippen LogP contribution in [0.15, 0.2) is 24.3 Å². The zero-order chi connectivity index (χ0) is 19.0. The van der Waals surface area contributed by atoms with Gasteiger partial charge in [0.1, 0.15) is 12.2 Å². The molecule has 1 saturated carbocycles. The average Bonchev–Trinajstić information content (AvgIpc) is 3.19. The number of hydrogen-bond acceptors (Lipinski definition) is 4. The lowest BCUT2D eigenvalue weighted by Gasteiger charge is -2.23. The number of ether oxygens (including phenoxy) is 2. The summed E-state index contributed by atoms with van der Waals surface area (Å²) in [5, 5.41) is 0. The first-order valence-electron chi connectivity index (χ1n) is 8.82. The first kappa shape index (κ1) is 19.5. The highest BCUT2D eigenvalue weighted by atomic mass is 16.6. The standard InChI is InChI=1S/C21H30O4/c1-14(22)24-13-21(12-17(21)18(23)25-20(5,6)7)16-10-8-15(9-11-16)19(2,3)4/h8-11,17H,12-13H2,1-7H3. The molecule has 1 aromatic carbocycles. The van der Waals surface area contributed by atoms with Gasteiger partial charge < -0.3 is 9.47 Å². The third kappa shape index (κ3) is 4.62. The van der Waals surface area contributed by atoms with Gasteiger partial charge in [0.25, 0.3) is 0 Å². The van der Waals surface area contributed by atoms with Crippen molar-refractivity contribution >= 4 is 11.9 Å². The molecule has 0 amide bonds. The van der Waals surface area contributed by atoms with Crippen LogP contribution in [0.25, 0.3) is 0 Å². The molecule has 4 nitrogen and oxygen atoms in total. The van der Waals surface area contributed by atoms with Crippen molar-refractivity contribution in [2.45, 2.75) is 71.3 Å². The summed E-state index contributed by atoms with van der Waals surface area (Å²) in [4.78, 5) is 23.8. The first-order valence-corrected chi connectivity index (χ1v) is 8.82. The molecule has 2 atom stereocenters. The van der Waals surface area contributed by atoms with Gasteiger partial charge in [0.05, 0.1) is 5.92 Å². The third-order valence-electron chi connectivity index (χ3n) is 4.63. The Hall–Kier alpha value is -1.84. The molecule has 138 valence electrons. The van der Waals surface area contributed by atoms with E-state index in [1.165, 1.54) is 12.5 Å². The number of hydrogen-bond donors (Lipinski definition) is 0. The van der Waals surface area contributed by atoms with Gasteiger partial charge in [-0.05, 0) is 43.7 Å². The Morgan fingerprint density at radius 1 is 1.08 bits per heavy atom. The van der Waals surface area contributed by atoms with Crippen LogP contribution in [0.2, 0.25) is 0 Å². The Morgan fingerprint density at radius 3 is 2.08 bits per heavy atom. The molecular weight excluding hydrogens is 316 g/mol. The molecule has 4 heteroatoms. The van der Waals surface area contributed by atoms with E-state index in [2.05, 4.69) is 45.0 Å². The van der Waals surface area contributed by atoms with Crippen LogP contribution in [0.3, 0.4) is 0 Å². The van der Waals surface area contributed by atoms with Crippen molar-refractivity contribution in [3.63, 3.8) is 0 Å². The molecule has 1 aliphatic carbocycles. The van der Waals surface area contributed by atoms with E-state index in [0.717, 1.165) is 5.56 Å². The molecule has 1 fully saturated rings. The summed E-state index contributed by atoms with van der Waals surface area (Å²) in [6.07, 6.45) is 0.643. The number of esters is 2. The fourth-order valence-electron chi connectivity index (χ4n) is 3.08. The van der Waals surface area contributed by atoms with Gasteiger partial charge >= 0.3 is 11.9 Å². The Labute approximate surface area is 150 Å². The zero-order valence-corrected chi connectivity index (χ0v) is 16.4. The molecule has 0 bridgehead atoms. The van der Waals surface area contributed by atoms with Crippen LogP contribution in [-0.4, -0.2) is 24.1 Å². The van der Waals surface area contributed by atoms with Crippen LogP contribution in [0.5, 0.6) is 0 Å². The molecule has 0 spiro atoms. The summed E-state index contributed by atoms with van der Waals surface area (Å²) in [7, 11) is 0. The molecule has 0 radical (unpaired) electrons. The summed E-state index contributed by atoms with van der Waals surface area (Å²) in [6, 6.07) is 8.29. The highest BCUT2D eigenvalue weighted by Gasteiger charge is 2.61. The van der Waals surface area contributed by atoms with Gasteiger partial charge in [-0.3, -0.25) is 9.59 Å². The molecule has 0 aliphatic heterocycles.